The van der Waals surface area contributed by atoms with Crippen molar-refractivity contribution in [2.24, 2.45) is 11.1 Å². The van der Waals surface area contributed by atoms with Gasteiger partial charge in [-0.1, -0.05) is 54.1 Å². The third-order valence-corrected chi connectivity index (χ3v) is 4.87. The van der Waals surface area contributed by atoms with Crippen molar-refractivity contribution in [2.45, 2.75) is 31.6 Å². The van der Waals surface area contributed by atoms with Crippen molar-refractivity contribution < 1.29 is 5.21 Å². The van der Waals surface area contributed by atoms with Gasteiger partial charge in [0.15, 0.2) is 0 Å². The molecule has 0 aliphatic heterocycles. The smallest absolute Gasteiger partial charge is 0.117 e. The molecule has 2 N–H and O–H groups in total. The van der Waals surface area contributed by atoms with E-state index in [9.17, 15) is 5.21 Å². The number of nitrogens with one attached hydrogen (secondary N) is 1. The van der Waals surface area contributed by atoms with Gasteiger partial charge in [0.2, 0.25) is 0 Å². The maximum Gasteiger partial charge on any atom is 0.117 e. The molecule has 112 valence electrons. The zero-order valence-electron chi connectivity index (χ0n) is 12.4. The third kappa shape index (κ3) is 2.15. The maximum atomic E-state index is 9.37. The largest absolute Gasteiger partial charge is 0.411 e. The summed E-state index contributed by atoms with van der Waals surface area (Å²) in [5, 5.41) is 20.5. The Morgan fingerprint density at radius 3 is 2.73 bits per heavy atom. The fourth-order valence-electron chi connectivity index (χ4n) is 3.35. The Balaban J connectivity index is 1.64. The van der Waals surface area contributed by atoms with E-state index in [-0.39, 0.29) is 0 Å². The van der Waals surface area contributed by atoms with Crippen LogP contribution in [-0.2, 0) is 6.42 Å². The van der Waals surface area contributed by atoms with Crippen LogP contribution in [0.4, 0.5) is 0 Å². The molecular weight excluding hydrogens is 274 g/mol. The molecular formula is C18H19N3O. The summed E-state index contributed by atoms with van der Waals surface area (Å²) in [6.45, 7) is 0. The minimum absolute atomic E-state index is 0.359. The zero-order chi connectivity index (χ0) is 14.9. The molecule has 0 bridgehead atoms. The second-order valence-electron chi connectivity index (χ2n) is 6.16. The van der Waals surface area contributed by atoms with Crippen LogP contribution in [0, 0.1) is 5.92 Å². The minimum atomic E-state index is 0.359. The molecule has 1 saturated carbocycles. The van der Waals surface area contributed by atoms with Crippen LogP contribution in [0.15, 0.2) is 41.6 Å². The van der Waals surface area contributed by atoms with Crippen molar-refractivity contribution in [1.82, 2.24) is 10.2 Å². The number of aromatic amines is 1. The molecule has 4 heteroatoms. The van der Waals surface area contributed by atoms with Crippen LogP contribution in [0.2, 0.25) is 0 Å². The van der Waals surface area contributed by atoms with Crippen molar-refractivity contribution in [3.63, 3.8) is 0 Å². The van der Waals surface area contributed by atoms with E-state index in [1.165, 1.54) is 12.0 Å². The van der Waals surface area contributed by atoms with Gasteiger partial charge >= 0.3 is 0 Å². The zero-order valence-corrected chi connectivity index (χ0v) is 12.4. The lowest BCUT2D eigenvalue weighted by molar-refractivity contribution is 0.305. The summed E-state index contributed by atoms with van der Waals surface area (Å²) in [5.41, 5.74) is 5.10. The molecule has 0 radical (unpaired) electrons. The molecule has 22 heavy (non-hydrogen) atoms. The topological polar surface area (TPSA) is 61.3 Å². The highest BCUT2D eigenvalue weighted by molar-refractivity contribution is 6.03. The van der Waals surface area contributed by atoms with Gasteiger partial charge in [0.1, 0.15) is 11.4 Å². The van der Waals surface area contributed by atoms with Crippen molar-refractivity contribution in [2.75, 3.05) is 0 Å². The number of nitrogens with zero attached hydrogens (tertiary/aromatic N) is 2. The lowest BCUT2D eigenvalue weighted by Crippen LogP contribution is -2.24. The summed E-state index contributed by atoms with van der Waals surface area (Å²) < 4.78 is 0. The standard InChI is InChI=1S/C18H19N3O/c22-21-17(13-7-4-8-13)18-15-10-9-14(11-16(15)19-20-18)12-5-2-1-3-6-12/h1-3,5-6,9-10,13-14,22H,4,7-8,11H2,(H,19,20). The van der Waals surface area contributed by atoms with E-state index in [1.807, 2.05) is 6.07 Å². The summed E-state index contributed by atoms with van der Waals surface area (Å²) in [7, 11) is 0. The number of rotatable bonds is 3. The van der Waals surface area contributed by atoms with Crippen molar-refractivity contribution >= 4 is 11.8 Å². The lowest BCUT2D eigenvalue weighted by atomic mass is 9.79. The molecule has 1 heterocycles. The average Bonchev–Trinajstić information content (AvgIpc) is 2.94. The Morgan fingerprint density at radius 1 is 1.23 bits per heavy atom. The molecule has 0 spiro atoms. The van der Waals surface area contributed by atoms with Gasteiger partial charge in [-0.25, -0.2) is 0 Å². The first-order valence-corrected chi connectivity index (χ1v) is 7.89. The molecule has 1 aromatic heterocycles. The highest BCUT2D eigenvalue weighted by Crippen LogP contribution is 2.35. The van der Waals surface area contributed by atoms with Crippen molar-refractivity contribution in [1.29, 1.82) is 0 Å². The number of fused-ring (bicyclic) bond motifs is 1. The van der Waals surface area contributed by atoms with Gasteiger partial charge in [0.25, 0.3) is 0 Å². The van der Waals surface area contributed by atoms with Crippen LogP contribution in [0.3, 0.4) is 0 Å². The van der Waals surface area contributed by atoms with Gasteiger partial charge in [-0.3, -0.25) is 5.10 Å². The van der Waals surface area contributed by atoms with Gasteiger partial charge in [-0.15, -0.1) is 0 Å². The Kier molecular flexibility index (Phi) is 3.29. The van der Waals surface area contributed by atoms with E-state index in [4.69, 9.17) is 0 Å². The molecule has 0 saturated heterocycles. The first-order chi connectivity index (χ1) is 10.9. The first kappa shape index (κ1) is 13.3. The molecule has 2 aliphatic rings. The van der Waals surface area contributed by atoms with Gasteiger partial charge in [-0.2, -0.15) is 5.10 Å². The van der Waals surface area contributed by atoms with Gasteiger partial charge in [-0.05, 0) is 18.4 Å². The van der Waals surface area contributed by atoms with E-state index in [2.05, 4.69) is 51.8 Å². The molecule has 2 aromatic rings. The predicted molar refractivity (Wildman–Crippen MR) is 86.2 cm³/mol. The molecule has 1 fully saturated rings. The summed E-state index contributed by atoms with van der Waals surface area (Å²) in [5.74, 6) is 0.734. The monoisotopic (exact) mass is 293 g/mol. The number of hydrogen-bond acceptors (Lipinski definition) is 3. The normalized spacial score (nSPS) is 21.5. The number of oxime groups is 1. The van der Waals surface area contributed by atoms with Gasteiger partial charge < -0.3 is 5.21 Å². The maximum absolute atomic E-state index is 9.37. The fourth-order valence-corrected chi connectivity index (χ4v) is 3.35. The molecule has 1 aromatic carbocycles. The quantitative estimate of drug-likeness (QED) is 0.514. The van der Waals surface area contributed by atoms with Crippen LogP contribution in [0.1, 0.15) is 47.7 Å². The number of H-pyrrole nitrogens is 1. The summed E-state index contributed by atoms with van der Waals surface area (Å²) >= 11 is 0. The lowest BCUT2D eigenvalue weighted by Gasteiger charge is -2.25. The van der Waals surface area contributed by atoms with E-state index in [1.54, 1.807) is 0 Å². The van der Waals surface area contributed by atoms with E-state index < -0.39 is 0 Å². The molecule has 1 unspecified atom stereocenters. The number of benzene rings is 1. The number of aromatic nitrogens is 2. The summed E-state index contributed by atoms with van der Waals surface area (Å²) in [6, 6.07) is 10.5. The fraction of sp³-hybridized carbons (Fsp3) is 0.333. The third-order valence-electron chi connectivity index (χ3n) is 4.87. The van der Waals surface area contributed by atoms with Crippen LogP contribution >= 0.6 is 0 Å². The Morgan fingerprint density at radius 2 is 2.05 bits per heavy atom. The summed E-state index contributed by atoms with van der Waals surface area (Å²) in [4.78, 5) is 0. The van der Waals surface area contributed by atoms with Crippen LogP contribution in [0.5, 0.6) is 0 Å². The molecule has 1 atom stereocenters. The SMILES string of the molecule is ON=C(c1n[nH]c2c1C=CC(c1ccccc1)C2)C1CCC1. The van der Waals surface area contributed by atoms with Crippen LogP contribution < -0.4 is 0 Å². The Bertz CT molecular complexity index is 726. The highest BCUT2D eigenvalue weighted by atomic mass is 16.4. The van der Waals surface area contributed by atoms with Gasteiger partial charge in [0.05, 0.1) is 0 Å². The van der Waals surface area contributed by atoms with Crippen LogP contribution in [0.25, 0.3) is 6.08 Å². The Hall–Kier alpha value is -2.36. The molecule has 2 aliphatic carbocycles. The molecule has 4 rings (SSSR count). The Labute approximate surface area is 129 Å². The number of allylic oxidation sites excluding steroid dienone is 1. The van der Waals surface area contributed by atoms with E-state index in [0.29, 0.717) is 11.8 Å². The number of hydrogen-bond donors (Lipinski definition) is 2. The molecule has 0 amide bonds. The average molecular weight is 293 g/mol. The second-order valence-corrected chi connectivity index (χ2v) is 6.16. The summed E-state index contributed by atoms with van der Waals surface area (Å²) in [6.07, 6.45) is 8.66. The molecule has 4 nitrogen and oxygen atoms in total. The van der Waals surface area contributed by atoms with Crippen LogP contribution in [-0.4, -0.2) is 21.1 Å². The minimum Gasteiger partial charge on any atom is -0.411 e. The highest BCUT2D eigenvalue weighted by Gasteiger charge is 2.30. The van der Waals surface area contributed by atoms with E-state index in [0.717, 1.165) is 41.9 Å². The van der Waals surface area contributed by atoms with Crippen molar-refractivity contribution in [3.05, 3.63) is 58.9 Å². The van der Waals surface area contributed by atoms with Crippen molar-refractivity contribution in [3.8, 4) is 0 Å². The first-order valence-electron chi connectivity index (χ1n) is 7.89. The van der Waals surface area contributed by atoms with Gasteiger partial charge in [0, 0.05) is 29.5 Å². The van der Waals surface area contributed by atoms with E-state index >= 15 is 0 Å². The second kappa shape index (κ2) is 5.44. The predicted octanol–water partition coefficient (Wildman–Crippen LogP) is 3.74.